The van der Waals surface area contributed by atoms with Crippen LogP contribution in [0.1, 0.15) is 25.2 Å². The average Bonchev–Trinajstić information content (AvgIpc) is 3.01. The minimum absolute atomic E-state index is 0.0239. The molecule has 0 saturated heterocycles. The first-order valence-corrected chi connectivity index (χ1v) is 9.13. The van der Waals surface area contributed by atoms with E-state index in [-0.39, 0.29) is 11.8 Å². The lowest BCUT2D eigenvalue weighted by atomic mass is 10.1. The van der Waals surface area contributed by atoms with Gasteiger partial charge < -0.3 is 14.8 Å². The van der Waals surface area contributed by atoms with Crippen LogP contribution < -0.4 is 10.2 Å². The molecule has 3 aromatic rings. The Bertz CT molecular complexity index is 973. The lowest BCUT2D eigenvalue weighted by Crippen LogP contribution is -2.33. The summed E-state index contributed by atoms with van der Waals surface area (Å²) in [5.41, 5.74) is 5.41. The van der Waals surface area contributed by atoms with E-state index in [1.165, 1.54) is 11.2 Å². The number of anilines is 2. The van der Waals surface area contributed by atoms with Crippen LogP contribution in [0.4, 0.5) is 11.4 Å². The summed E-state index contributed by atoms with van der Waals surface area (Å²) in [5.74, 6) is 1.13. The van der Waals surface area contributed by atoms with E-state index in [9.17, 15) is 4.79 Å². The van der Waals surface area contributed by atoms with Crippen LogP contribution in [0.15, 0.2) is 42.5 Å². The number of nitrogens with zero attached hydrogens (tertiary/aromatic N) is 3. The highest BCUT2D eigenvalue weighted by Gasteiger charge is 2.20. The van der Waals surface area contributed by atoms with Gasteiger partial charge in [0.25, 0.3) is 0 Å². The van der Waals surface area contributed by atoms with Gasteiger partial charge in [0.2, 0.25) is 5.91 Å². The van der Waals surface area contributed by atoms with Gasteiger partial charge in [0.15, 0.2) is 0 Å². The summed E-state index contributed by atoms with van der Waals surface area (Å²) in [6.45, 7) is 8.52. The Morgan fingerprint density at radius 2 is 1.96 bits per heavy atom. The van der Waals surface area contributed by atoms with Crippen LogP contribution in [0, 0.1) is 12.8 Å². The number of amides is 1. The van der Waals surface area contributed by atoms with Crippen molar-refractivity contribution in [3.63, 3.8) is 0 Å². The van der Waals surface area contributed by atoms with E-state index < -0.39 is 0 Å². The Hall–Kier alpha value is -2.82. The number of carbonyl (C=O) groups is 1. The summed E-state index contributed by atoms with van der Waals surface area (Å²) in [6.07, 6.45) is 0. The summed E-state index contributed by atoms with van der Waals surface area (Å²) in [7, 11) is 0. The molecule has 1 amide bonds. The smallest absolute Gasteiger partial charge is 0.226 e. The van der Waals surface area contributed by atoms with Crippen molar-refractivity contribution in [1.29, 1.82) is 0 Å². The molecule has 0 unspecified atom stereocenters. The molecule has 0 fully saturated rings. The molecule has 26 heavy (non-hydrogen) atoms. The third-order valence-electron chi connectivity index (χ3n) is 5.02. The maximum Gasteiger partial charge on any atom is 0.226 e. The molecule has 0 radical (unpaired) electrons. The van der Waals surface area contributed by atoms with Gasteiger partial charge in [0.05, 0.1) is 17.6 Å². The molecule has 4 rings (SSSR count). The van der Waals surface area contributed by atoms with E-state index in [1.807, 2.05) is 32.9 Å². The van der Waals surface area contributed by atoms with Crippen LogP contribution in [0.25, 0.3) is 11.0 Å². The molecule has 0 aliphatic carbocycles. The Kier molecular flexibility index (Phi) is 4.15. The standard InChI is InChI=1S/C21H24N4O/c1-14(2)21(26)23-17-9-8-16(12-15(17)3)24-10-11-25-19-7-5-4-6-18(19)22-20(25)13-24/h4-9,12,14H,10-11,13H2,1-3H3,(H,23,26). The third kappa shape index (κ3) is 2.94. The molecule has 1 aliphatic heterocycles. The lowest BCUT2D eigenvalue weighted by Gasteiger charge is -2.30. The Labute approximate surface area is 153 Å². The molecular formula is C21H24N4O. The largest absolute Gasteiger partial charge is 0.362 e. The predicted molar refractivity (Wildman–Crippen MR) is 105 cm³/mol. The third-order valence-corrected chi connectivity index (χ3v) is 5.02. The molecule has 1 aliphatic rings. The topological polar surface area (TPSA) is 50.2 Å². The number of hydrogen-bond acceptors (Lipinski definition) is 3. The Morgan fingerprint density at radius 3 is 2.73 bits per heavy atom. The molecule has 0 spiro atoms. The Balaban J connectivity index is 1.57. The van der Waals surface area contributed by atoms with E-state index >= 15 is 0 Å². The van der Waals surface area contributed by atoms with Gasteiger partial charge in [-0.15, -0.1) is 0 Å². The summed E-state index contributed by atoms with van der Waals surface area (Å²) in [4.78, 5) is 19.1. The number of nitrogens with one attached hydrogen (secondary N) is 1. The van der Waals surface area contributed by atoms with Crippen LogP contribution in [-0.2, 0) is 17.9 Å². The number of imidazole rings is 1. The van der Waals surface area contributed by atoms with Crippen molar-refractivity contribution in [2.24, 2.45) is 5.92 Å². The highest BCUT2D eigenvalue weighted by atomic mass is 16.1. The summed E-state index contributed by atoms with van der Waals surface area (Å²) in [5, 5.41) is 3.00. The quantitative estimate of drug-likeness (QED) is 0.779. The minimum atomic E-state index is -0.0239. The maximum absolute atomic E-state index is 11.9. The summed E-state index contributed by atoms with van der Waals surface area (Å²) >= 11 is 0. The van der Waals surface area contributed by atoms with Gasteiger partial charge in [-0.25, -0.2) is 4.98 Å². The van der Waals surface area contributed by atoms with Gasteiger partial charge in [0.1, 0.15) is 5.82 Å². The molecule has 134 valence electrons. The molecule has 1 N–H and O–H groups in total. The van der Waals surface area contributed by atoms with Crippen LogP contribution >= 0.6 is 0 Å². The number of aryl methyl sites for hydroxylation is 1. The second-order valence-electron chi connectivity index (χ2n) is 7.23. The summed E-state index contributed by atoms with van der Waals surface area (Å²) < 4.78 is 2.32. The second kappa shape index (κ2) is 6.48. The molecule has 2 aromatic carbocycles. The van der Waals surface area contributed by atoms with Crippen LogP contribution in [0.2, 0.25) is 0 Å². The fourth-order valence-corrected chi connectivity index (χ4v) is 3.45. The van der Waals surface area contributed by atoms with Crippen LogP contribution in [0.3, 0.4) is 0 Å². The first kappa shape index (κ1) is 16.6. The fourth-order valence-electron chi connectivity index (χ4n) is 3.45. The number of rotatable bonds is 3. The monoisotopic (exact) mass is 348 g/mol. The molecule has 0 bridgehead atoms. The van der Waals surface area contributed by atoms with E-state index in [4.69, 9.17) is 4.98 Å². The molecule has 2 heterocycles. The van der Waals surface area contributed by atoms with Gasteiger partial charge in [0, 0.05) is 30.4 Å². The van der Waals surface area contributed by atoms with E-state index in [0.717, 1.165) is 42.2 Å². The molecule has 5 nitrogen and oxygen atoms in total. The first-order chi connectivity index (χ1) is 12.5. The minimum Gasteiger partial charge on any atom is -0.362 e. The zero-order valence-electron chi connectivity index (χ0n) is 15.5. The number of para-hydroxylation sites is 2. The van der Waals surface area contributed by atoms with Crippen molar-refractivity contribution >= 4 is 28.3 Å². The van der Waals surface area contributed by atoms with E-state index in [0.29, 0.717) is 0 Å². The van der Waals surface area contributed by atoms with Gasteiger partial charge in [-0.3, -0.25) is 4.79 Å². The Morgan fingerprint density at radius 1 is 1.15 bits per heavy atom. The number of hydrogen-bond donors (Lipinski definition) is 1. The normalized spacial score (nSPS) is 13.9. The lowest BCUT2D eigenvalue weighted by molar-refractivity contribution is -0.118. The van der Waals surface area contributed by atoms with Gasteiger partial charge >= 0.3 is 0 Å². The highest BCUT2D eigenvalue weighted by molar-refractivity contribution is 5.93. The van der Waals surface area contributed by atoms with Crippen molar-refractivity contribution in [3.05, 3.63) is 53.9 Å². The second-order valence-corrected chi connectivity index (χ2v) is 7.23. The average molecular weight is 348 g/mol. The molecular weight excluding hydrogens is 324 g/mol. The zero-order chi connectivity index (χ0) is 18.3. The number of fused-ring (bicyclic) bond motifs is 3. The van der Waals surface area contributed by atoms with Crippen molar-refractivity contribution in [2.45, 2.75) is 33.9 Å². The zero-order valence-corrected chi connectivity index (χ0v) is 15.5. The predicted octanol–water partition coefficient (Wildman–Crippen LogP) is 3.96. The summed E-state index contributed by atoms with van der Waals surface area (Å²) in [6, 6.07) is 14.5. The van der Waals surface area contributed by atoms with E-state index in [1.54, 1.807) is 0 Å². The van der Waals surface area contributed by atoms with Gasteiger partial charge in [-0.2, -0.15) is 0 Å². The van der Waals surface area contributed by atoms with E-state index in [2.05, 4.69) is 45.1 Å². The van der Waals surface area contributed by atoms with Gasteiger partial charge in [-0.05, 0) is 42.8 Å². The van der Waals surface area contributed by atoms with Gasteiger partial charge in [-0.1, -0.05) is 26.0 Å². The maximum atomic E-state index is 11.9. The number of carbonyl (C=O) groups excluding carboxylic acids is 1. The molecule has 0 atom stereocenters. The number of aromatic nitrogens is 2. The van der Waals surface area contributed by atoms with Crippen molar-refractivity contribution in [3.8, 4) is 0 Å². The van der Waals surface area contributed by atoms with Crippen LogP contribution in [-0.4, -0.2) is 22.0 Å². The van der Waals surface area contributed by atoms with Crippen molar-refractivity contribution < 1.29 is 4.79 Å². The first-order valence-electron chi connectivity index (χ1n) is 9.13. The SMILES string of the molecule is Cc1cc(N2CCn3c(nc4ccccc43)C2)ccc1NC(=O)C(C)C. The highest BCUT2D eigenvalue weighted by Crippen LogP contribution is 2.27. The van der Waals surface area contributed by atoms with Crippen molar-refractivity contribution in [2.75, 3.05) is 16.8 Å². The van der Waals surface area contributed by atoms with Crippen LogP contribution in [0.5, 0.6) is 0 Å². The molecule has 5 heteroatoms. The molecule has 1 aromatic heterocycles. The number of benzene rings is 2. The van der Waals surface area contributed by atoms with Crippen molar-refractivity contribution in [1.82, 2.24) is 9.55 Å². The molecule has 0 saturated carbocycles. The fraction of sp³-hybridized carbons (Fsp3) is 0.333.